The van der Waals surface area contributed by atoms with Gasteiger partial charge in [0.05, 0.1) is 16.8 Å². The van der Waals surface area contributed by atoms with Crippen molar-refractivity contribution in [3.8, 4) is 22.3 Å². The molecule has 0 amide bonds. The highest BCUT2D eigenvalue weighted by atomic mass is 15.3. The zero-order chi connectivity index (χ0) is 50.9. The molecule has 6 aliphatic rings. The van der Waals surface area contributed by atoms with Gasteiger partial charge in [-0.3, -0.25) is 0 Å². The van der Waals surface area contributed by atoms with Crippen molar-refractivity contribution in [1.29, 1.82) is 0 Å². The summed E-state index contributed by atoms with van der Waals surface area (Å²) in [6.45, 7) is 24.8. The summed E-state index contributed by atoms with van der Waals surface area (Å²) in [5.41, 5.74) is 24.2. The Morgan fingerprint density at radius 3 is 1.76 bits per heavy atom. The van der Waals surface area contributed by atoms with Crippen molar-refractivity contribution in [3.05, 3.63) is 180 Å². The van der Waals surface area contributed by atoms with Crippen LogP contribution in [0.5, 0.6) is 0 Å². The second kappa shape index (κ2) is 15.5. The van der Waals surface area contributed by atoms with Gasteiger partial charge in [0.15, 0.2) is 0 Å². The van der Waals surface area contributed by atoms with E-state index < -0.39 is 0 Å². The molecule has 370 valence electrons. The van der Waals surface area contributed by atoms with Crippen LogP contribution in [-0.2, 0) is 21.7 Å². The molecule has 0 bridgehead atoms. The molecule has 4 heteroatoms. The van der Waals surface area contributed by atoms with Crippen LogP contribution < -0.4 is 31.1 Å². The lowest BCUT2D eigenvalue weighted by atomic mass is 9.33. The number of rotatable bonds is 4. The molecule has 2 fully saturated rings. The Morgan fingerprint density at radius 2 is 1.03 bits per heavy atom. The molecule has 74 heavy (non-hydrogen) atoms. The number of benzene rings is 8. The fraction of sp³-hybridized carbons (Fsp3) is 0.343. The monoisotopic (exact) mass is 966 g/mol. The molecule has 14 rings (SSSR count). The van der Waals surface area contributed by atoms with E-state index in [1.165, 1.54) is 144 Å². The second-order valence-corrected chi connectivity index (χ2v) is 26.4. The van der Waals surface area contributed by atoms with E-state index >= 15 is 0 Å². The molecule has 4 unspecified atom stereocenters. The van der Waals surface area contributed by atoms with Crippen LogP contribution in [0, 0.1) is 0 Å². The molecule has 3 nitrogen and oxygen atoms in total. The first-order valence-electron chi connectivity index (χ1n) is 28.1. The number of hydrogen-bond acceptors (Lipinski definition) is 3. The first-order chi connectivity index (χ1) is 35.4. The van der Waals surface area contributed by atoms with Crippen molar-refractivity contribution >= 4 is 73.7 Å². The molecule has 4 aliphatic heterocycles. The summed E-state index contributed by atoms with van der Waals surface area (Å²) in [6, 6.07) is 62.4. The van der Waals surface area contributed by atoms with Gasteiger partial charge in [0.1, 0.15) is 0 Å². The van der Waals surface area contributed by atoms with E-state index in [9.17, 15) is 0 Å². The number of anilines is 7. The molecular formula is C70H72BN3. The molecule has 0 radical (unpaired) electrons. The fourth-order valence-corrected chi connectivity index (χ4v) is 15.9. The third kappa shape index (κ3) is 6.15. The van der Waals surface area contributed by atoms with E-state index in [-0.39, 0.29) is 39.5 Å². The normalized spacial score (nSPS) is 24.3. The van der Waals surface area contributed by atoms with Crippen molar-refractivity contribution in [1.82, 2.24) is 0 Å². The van der Waals surface area contributed by atoms with Crippen molar-refractivity contribution in [2.45, 2.75) is 153 Å². The molecule has 8 aromatic carbocycles. The minimum atomic E-state index is -0.135. The third-order valence-corrected chi connectivity index (χ3v) is 20.4. The lowest BCUT2D eigenvalue weighted by molar-refractivity contribution is 0.194. The standard InChI is InChI=1S/C70H72BN3/c1-65(2,3)50-30-32-58(53(41-50)48-29-28-46-24-14-15-25-47(46)38-48)72-60-33-31-51(66(4,5)6)42-56(60)71-57-40-49(45-22-12-11-13-23-45)39-55-64(57)74(70(10)37-21-19-35-68(55,70)8)62-44-52(43-61(72)63(62)71)73-59-27-17-16-26-54(59)67(7)34-18-20-36-69(67,73)9/h11-17,22-33,38-44H,18-21,34-37H2,1-10H3. The molecule has 4 atom stereocenters. The van der Waals surface area contributed by atoms with Gasteiger partial charge in [-0.05, 0) is 165 Å². The Hall–Kier alpha value is -6.52. The summed E-state index contributed by atoms with van der Waals surface area (Å²) in [7, 11) is 0. The summed E-state index contributed by atoms with van der Waals surface area (Å²) in [6.07, 6.45) is 9.68. The molecule has 8 aromatic rings. The van der Waals surface area contributed by atoms with Gasteiger partial charge in [0.25, 0.3) is 6.71 Å². The van der Waals surface area contributed by atoms with Crippen LogP contribution >= 0.6 is 0 Å². The highest BCUT2D eigenvalue weighted by molar-refractivity contribution is 7.00. The van der Waals surface area contributed by atoms with Gasteiger partial charge in [-0.1, -0.05) is 190 Å². The van der Waals surface area contributed by atoms with Crippen molar-refractivity contribution in [3.63, 3.8) is 0 Å². The van der Waals surface area contributed by atoms with Crippen LogP contribution in [0.2, 0.25) is 0 Å². The van der Waals surface area contributed by atoms with Crippen molar-refractivity contribution in [2.24, 2.45) is 0 Å². The van der Waals surface area contributed by atoms with Crippen molar-refractivity contribution < 1.29 is 0 Å². The van der Waals surface area contributed by atoms with Gasteiger partial charge >= 0.3 is 0 Å². The first kappa shape index (κ1) is 46.0. The Morgan fingerprint density at radius 1 is 0.419 bits per heavy atom. The topological polar surface area (TPSA) is 9.72 Å². The molecule has 0 N–H and O–H groups in total. The van der Waals surface area contributed by atoms with Gasteiger partial charge in [0, 0.05) is 50.5 Å². The number of fused-ring (bicyclic) bond motifs is 11. The van der Waals surface area contributed by atoms with E-state index in [1.54, 1.807) is 5.56 Å². The van der Waals surface area contributed by atoms with Crippen LogP contribution in [0.25, 0.3) is 33.0 Å². The van der Waals surface area contributed by atoms with Gasteiger partial charge in [-0.25, -0.2) is 0 Å². The summed E-state index contributed by atoms with van der Waals surface area (Å²) in [5, 5.41) is 2.53. The number of nitrogens with zero attached hydrogens (tertiary/aromatic N) is 3. The summed E-state index contributed by atoms with van der Waals surface area (Å²) in [5.74, 6) is 0. The van der Waals surface area contributed by atoms with Crippen LogP contribution in [-0.4, -0.2) is 17.8 Å². The number of hydrogen-bond donors (Lipinski definition) is 0. The lowest BCUT2D eigenvalue weighted by Gasteiger charge is -2.54. The third-order valence-electron chi connectivity index (χ3n) is 20.4. The molecular weight excluding hydrogens is 894 g/mol. The summed E-state index contributed by atoms with van der Waals surface area (Å²) < 4.78 is 0. The van der Waals surface area contributed by atoms with E-state index in [0.29, 0.717) is 0 Å². The first-order valence-corrected chi connectivity index (χ1v) is 28.1. The van der Waals surface area contributed by atoms with Crippen LogP contribution in [0.3, 0.4) is 0 Å². The van der Waals surface area contributed by atoms with Gasteiger partial charge in [-0.15, -0.1) is 0 Å². The largest absolute Gasteiger partial charge is 0.335 e. The highest BCUT2D eigenvalue weighted by Crippen LogP contribution is 2.65. The molecule has 0 spiro atoms. The molecule has 4 heterocycles. The van der Waals surface area contributed by atoms with Gasteiger partial charge in [0.2, 0.25) is 0 Å². The minimum absolute atomic E-state index is 0.0166. The zero-order valence-electron chi connectivity index (χ0n) is 45.6. The lowest BCUT2D eigenvalue weighted by Crippen LogP contribution is -2.64. The quantitative estimate of drug-likeness (QED) is 0.163. The van der Waals surface area contributed by atoms with Crippen LogP contribution in [0.4, 0.5) is 39.8 Å². The SMILES string of the molecule is CC(C)(C)c1ccc2c(c1)B1c3cc(-c4ccccc4)cc4c3N(c3cc(N5c6ccccc6C6(C)CCCCC56C)cc(c31)N2c1ccc(C(C)(C)C)cc1-c1ccc2ccccc2c1)C1(C)CCCCC41C. The minimum Gasteiger partial charge on any atom is -0.335 e. The predicted molar refractivity (Wildman–Crippen MR) is 317 cm³/mol. The average Bonchev–Trinajstić information content (AvgIpc) is 3.91. The molecule has 0 saturated heterocycles. The molecule has 0 aromatic heterocycles. The molecule has 2 saturated carbocycles. The zero-order valence-corrected chi connectivity index (χ0v) is 45.6. The van der Waals surface area contributed by atoms with E-state index in [2.05, 4.69) is 242 Å². The van der Waals surface area contributed by atoms with E-state index in [0.717, 1.165) is 12.8 Å². The van der Waals surface area contributed by atoms with E-state index in [4.69, 9.17) is 0 Å². The Bertz CT molecular complexity index is 3650. The Balaban J connectivity index is 1.14. The maximum Gasteiger partial charge on any atom is 0.252 e. The maximum absolute atomic E-state index is 2.96. The van der Waals surface area contributed by atoms with Crippen LogP contribution in [0.1, 0.15) is 143 Å². The van der Waals surface area contributed by atoms with Gasteiger partial charge in [-0.2, -0.15) is 0 Å². The second-order valence-electron chi connectivity index (χ2n) is 26.4. The summed E-state index contributed by atoms with van der Waals surface area (Å²) in [4.78, 5) is 8.55. The summed E-state index contributed by atoms with van der Waals surface area (Å²) >= 11 is 0. The Labute approximate surface area is 441 Å². The predicted octanol–water partition coefficient (Wildman–Crippen LogP) is 16.9. The van der Waals surface area contributed by atoms with Gasteiger partial charge < -0.3 is 14.7 Å². The van der Waals surface area contributed by atoms with Crippen LogP contribution in [0.15, 0.2) is 158 Å². The average molecular weight is 966 g/mol. The highest BCUT2D eigenvalue weighted by Gasteiger charge is 2.63. The fourth-order valence-electron chi connectivity index (χ4n) is 15.9. The van der Waals surface area contributed by atoms with E-state index in [1.807, 2.05) is 0 Å². The maximum atomic E-state index is 2.96. The smallest absolute Gasteiger partial charge is 0.252 e. The molecule has 2 aliphatic carbocycles. The number of para-hydroxylation sites is 1. The Kier molecular flexibility index (Phi) is 9.67. The van der Waals surface area contributed by atoms with Crippen molar-refractivity contribution in [2.75, 3.05) is 14.7 Å².